The molecule has 1 unspecified atom stereocenters. The number of hydrogen-bond donors (Lipinski definition) is 2. The lowest BCUT2D eigenvalue weighted by Gasteiger charge is -2.16. The zero-order valence-electron chi connectivity index (χ0n) is 13.5. The molecule has 0 amide bonds. The van der Waals surface area contributed by atoms with Crippen LogP contribution in [0.2, 0.25) is 0 Å². The van der Waals surface area contributed by atoms with Gasteiger partial charge in [-0.25, -0.2) is 13.1 Å². The van der Waals surface area contributed by atoms with E-state index in [1.807, 2.05) is 19.1 Å². The van der Waals surface area contributed by atoms with E-state index in [4.69, 9.17) is 0 Å². The van der Waals surface area contributed by atoms with Gasteiger partial charge in [-0.05, 0) is 49.9 Å². The molecule has 4 nitrogen and oxygen atoms in total. The van der Waals surface area contributed by atoms with Gasteiger partial charge in [-0.3, -0.25) is 0 Å². The Morgan fingerprint density at radius 2 is 1.71 bits per heavy atom. The smallest absolute Gasteiger partial charge is 0.240 e. The zero-order chi connectivity index (χ0) is 15.9. The van der Waals surface area contributed by atoms with Crippen molar-refractivity contribution >= 4 is 10.0 Å². The average molecular weight is 312 g/mol. The maximum atomic E-state index is 12.3. The molecule has 21 heavy (non-hydrogen) atoms. The van der Waals surface area contributed by atoms with E-state index in [0.29, 0.717) is 10.8 Å². The van der Waals surface area contributed by atoms with Crippen molar-refractivity contribution in [3.8, 4) is 0 Å². The highest BCUT2D eigenvalue weighted by Crippen LogP contribution is 2.13. The molecule has 0 fully saturated rings. The van der Waals surface area contributed by atoms with Crippen LogP contribution in [0.4, 0.5) is 0 Å². The minimum absolute atomic E-state index is 0.0547. The van der Waals surface area contributed by atoms with Crippen molar-refractivity contribution < 1.29 is 8.42 Å². The average Bonchev–Trinajstić information content (AvgIpc) is 2.38. The van der Waals surface area contributed by atoms with Gasteiger partial charge < -0.3 is 5.32 Å². The molecule has 1 atom stereocenters. The predicted molar refractivity (Wildman–Crippen MR) is 87.7 cm³/mol. The first-order valence-corrected chi connectivity index (χ1v) is 9.15. The van der Waals surface area contributed by atoms with Crippen molar-refractivity contribution in [2.75, 3.05) is 6.54 Å². The van der Waals surface area contributed by atoms with E-state index in [0.717, 1.165) is 31.5 Å². The van der Waals surface area contributed by atoms with Gasteiger partial charge in [-0.1, -0.05) is 32.9 Å². The molecule has 0 bridgehead atoms. The summed E-state index contributed by atoms with van der Waals surface area (Å²) in [6, 6.07) is 7.02. The molecule has 0 aliphatic heterocycles. The molecule has 0 radical (unpaired) electrons. The van der Waals surface area contributed by atoms with Crippen molar-refractivity contribution in [1.29, 1.82) is 0 Å². The standard InChI is InChI=1S/C16H28N2O2S/c1-5-10-17-12-15-6-8-16(9-7-15)21(19,20)18-14(4)11-13(2)3/h6-9,13-14,17-18H,5,10-12H2,1-4H3. The number of benzene rings is 1. The summed E-state index contributed by atoms with van der Waals surface area (Å²) in [5, 5.41) is 3.30. The normalized spacial score (nSPS) is 13.6. The molecule has 120 valence electrons. The quantitative estimate of drug-likeness (QED) is 0.689. The lowest BCUT2D eigenvalue weighted by Crippen LogP contribution is -2.33. The molecule has 0 aliphatic rings. The third-order valence-corrected chi connectivity index (χ3v) is 4.78. The summed E-state index contributed by atoms with van der Waals surface area (Å²) in [5.41, 5.74) is 1.10. The van der Waals surface area contributed by atoms with Gasteiger partial charge in [0, 0.05) is 12.6 Å². The maximum absolute atomic E-state index is 12.3. The molecular formula is C16H28N2O2S. The first-order valence-electron chi connectivity index (χ1n) is 7.67. The molecule has 2 N–H and O–H groups in total. The predicted octanol–water partition coefficient (Wildman–Crippen LogP) is 2.90. The van der Waals surface area contributed by atoms with E-state index < -0.39 is 10.0 Å². The topological polar surface area (TPSA) is 58.2 Å². The second kappa shape index (κ2) is 8.51. The molecular weight excluding hydrogens is 284 g/mol. The third-order valence-electron chi connectivity index (χ3n) is 3.17. The SMILES string of the molecule is CCCNCc1ccc(S(=O)(=O)NC(C)CC(C)C)cc1. The van der Waals surface area contributed by atoms with Crippen LogP contribution in [0.1, 0.15) is 46.1 Å². The highest BCUT2D eigenvalue weighted by Gasteiger charge is 2.17. The molecule has 1 aromatic rings. The molecule has 1 aromatic carbocycles. The first kappa shape index (κ1) is 18.1. The molecule has 0 saturated carbocycles. The van der Waals surface area contributed by atoms with Gasteiger partial charge >= 0.3 is 0 Å². The first-order chi connectivity index (χ1) is 9.85. The van der Waals surface area contributed by atoms with E-state index in [1.165, 1.54) is 0 Å². The largest absolute Gasteiger partial charge is 0.313 e. The van der Waals surface area contributed by atoms with E-state index in [1.54, 1.807) is 12.1 Å². The maximum Gasteiger partial charge on any atom is 0.240 e. The fourth-order valence-electron chi connectivity index (χ4n) is 2.28. The molecule has 0 heterocycles. The molecule has 0 aliphatic carbocycles. The highest BCUT2D eigenvalue weighted by atomic mass is 32.2. The second-order valence-electron chi connectivity index (χ2n) is 5.97. The monoisotopic (exact) mass is 312 g/mol. The Balaban J connectivity index is 2.66. The van der Waals surface area contributed by atoms with Gasteiger partial charge in [0.05, 0.1) is 4.90 Å². The van der Waals surface area contributed by atoms with Crippen molar-refractivity contribution in [2.24, 2.45) is 5.92 Å². The Kier molecular flexibility index (Phi) is 7.35. The summed E-state index contributed by atoms with van der Waals surface area (Å²) >= 11 is 0. The van der Waals surface area contributed by atoms with Crippen LogP contribution < -0.4 is 10.0 Å². The van der Waals surface area contributed by atoms with Gasteiger partial charge in [-0.2, -0.15) is 0 Å². The van der Waals surface area contributed by atoms with E-state index in [9.17, 15) is 8.42 Å². The van der Waals surface area contributed by atoms with Crippen molar-refractivity contribution in [3.63, 3.8) is 0 Å². The van der Waals surface area contributed by atoms with E-state index in [-0.39, 0.29) is 6.04 Å². The van der Waals surface area contributed by atoms with Gasteiger partial charge in [0.2, 0.25) is 10.0 Å². The summed E-state index contributed by atoms with van der Waals surface area (Å²) < 4.78 is 27.3. The van der Waals surface area contributed by atoms with Crippen LogP contribution in [-0.2, 0) is 16.6 Å². The molecule has 1 rings (SSSR count). The molecule has 0 spiro atoms. The van der Waals surface area contributed by atoms with Crippen molar-refractivity contribution in [3.05, 3.63) is 29.8 Å². The van der Waals surface area contributed by atoms with Gasteiger partial charge in [0.1, 0.15) is 0 Å². The Labute approximate surface area is 129 Å². The van der Waals surface area contributed by atoms with Gasteiger partial charge in [0.15, 0.2) is 0 Å². The Morgan fingerprint density at radius 1 is 1.10 bits per heavy atom. The Bertz CT molecular complexity index is 510. The van der Waals surface area contributed by atoms with Crippen LogP contribution in [0.5, 0.6) is 0 Å². The van der Waals surface area contributed by atoms with Crippen LogP contribution in [0, 0.1) is 5.92 Å². The summed E-state index contributed by atoms with van der Waals surface area (Å²) in [4.78, 5) is 0.331. The van der Waals surface area contributed by atoms with E-state index in [2.05, 4.69) is 30.8 Å². The number of sulfonamides is 1. The number of rotatable bonds is 9. The van der Waals surface area contributed by atoms with Crippen molar-refractivity contribution in [1.82, 2.24) is 10.0 Å². The fraction of sp³-hybridized carbons (Fsp3) is 0.625. The Morgan fingerprint density at radius 3 is 2.24 bits per heavy atom. The van der Waals surface area contributed by atoms with Crippen LogP contribution >= 0.6 is 0 Å². The summed E-state index contributed by atoms with van der Waals surface area (Å²) in [5.74, 6) is 0.467. The minimum atomic E-state index is -3.42. The Hall–Kier alpha value is -0.910. The third kappa shape index (κ3) is 6.59. The fourth-order valence-corrected chi connectivity index (χ4v) is 3.54. The summed E-state index contributed by atoms with van der Waals surface area (Å²) in [7, 11) is -3.42. The molecule has 0 saturated heterocycles. The second-order valence-corrected chi connectivity index (χ2v) is 7.69. The summed E-state index contributed by atoms with van der Waals surface area (Å²) in [6.45, 7) is 9.93. The van der Waals surface area contributed by atoms with Crippen LogP contribution in [-0.4, -0.2) is 21.0 Å². The highest BCUT2D eigenvalue weighted by molar-refractivity contribution is 7.89. The number of hydrogen-bond acceptors (Lipinski definition) is 3. The lowest BCUT2D eigenvalue weighted by molar-refractivity contribution is 0.482. The van der Waals surface area contributed by atoms with Gasteiger partial charge in [-0.15, -0.1) is 0 Å². The van der Waals surface area contributed by atoms with Crippen LogP contribution in [0.3, 0.4) is 0 Å². The van der Waals surface area contributed by atoms with E-state index >= 15 is 0 Å². The summed E-state index contributed by atoms with van der Waals surface area (Å²) in [6.07, 6.45) is 1.92. The lowest BCUT2D eigenvalue weighted by atomic mass is 10.1. The van der Waals surface area contributed by atoms with Crippen LogP contribution in [0.25, 0.3) is 0 Å². The molecule has 5 heteroatoms. The minimum Gasteiger partial charge on any atom is -0.313 e. The van der Waals surface area contributed by atoms with Gasteiger partial charge in [0.25, 0.3) is 0 Å². The molecule has 0 aromatic heterocycles. The zero-order valence-corrected chi connectivity index (χ0v) is 14.3. The van der Waals surface area contributed by atoms with Crippen molar-refractivity contribution in [2.45, 2.75) is 58.0 Å². The van der Waals surface area contributed by atoms with Crippen LogP contribution in [0.15, 0.2) is 29.2 Å². The number of nitrogens with one attached hydrogen (secondary N) is 2.